The number of hydrogen-bond donors (Lipinski definition) is 3. The monoisotopic (exact) mass is 295 g/mol. The molecule has 1 aromatic carbocycles. The highest BCUT2D eigenvalue weighted by Gasteiger charge is 2.18. The SMILES string of the molecule is Cc1cc(C)c(S(=O)(=O)NCc2ncn[nH]2)cc1CN. The summed E-state index contributed by atoms with van der Waals surface area (Å²) in [6.07, 6.45) is 1.33. The van der Waals surface area contributed by atoms with E-state index in [0.717, 1.165) is 11.1 Å². The van der Waals surface area contributed by atoms with Crippen LogP contribution in [0.2, 0.25) is 0 Å². The molecule has 0 saturated heterocycles. The number of aromatic nitrogens is 3. The molecule has 20 heavy (non-hydrogen) atoms. The van der Waals surface area contributed by atoms with E-state index in [1.165, 1.54) is 6.33 Å². The van der Waals surface area contributed by atoms with Gasteiger partial charge in [-0.1, -0.05) is 6.07 Å². The molecule has 0 aliphatic carbocycles. The minimum absolute atomic E-state index is 0.0631. The van der Waals surface area contributed by atoms with E-state index >= 15 is 0 Å². The molecule has 108 valence electrons. The number of rotatable bonds is 5. The van der Waals surface area contributed by atoms with Gasteiger partial charge in [0.2, 0.25) is 10.0 Å². The molecule has 0 atom stereocenters. The third-order valence-corrected chi connectivity index (χ3v) is 4.58. The summed E-state index contributed by atoms with van der Waals surface area (Å²) in [6.45, 7) is 4.04. The molecule has 0 aliphatic rings. The second-order valence-electron chi connectivity index (χ2n) is 4.51. The Balaban J connectivity index is 2.29. The Morgan fingerprint density at radius 1 is 1.30 bits per heavy atom. The number of benzene rings is 1. The number of nitrogens with one attached hydrogen (secondary N) is 2. The Bertz CT molecular complexity index is 695. The minimum Gasteiger partial charge on any atom is -0.326 e. The molecule has 1 aromatic heterocycles. The molecule has 0 saturated carbocycles. The van der Waals surface area contributed by atoms with Gasteiger partial charge in [0.05, 0.1) is 11.4 Å². The van der Waals surface area contributed by atoms with E-state index in [1.807, 2.05) is 13.0 Å². The summed E-state index contributed by atoms with van der Waals surface area (Å²) in [5.74, 6) is 0.456. The van der Waals surface area contributed by atoms with Crippen molar-refractivity contribution in [3.8, 4) is 0 Å². The van der Waals surface area contributed by atoms with Crippen molar-refractivity contribution in [1.29, 1.82) is 0 Å². The lowest BCUT2D eigenvalue weighted by atomic mass is 10.1. The van der Waals surface area contributed by atoms with E-state index in [4.69, 9.17) is 5.73 Å². The van der Waals surface area contributed by atoms with Crippen molar-refractivity contribution in [2.75, 3.05) is 0 Å². The molecule has 4 N–H and O–H groups in total. The van der Waals surface area contributed by atoms with Crippen molar-refractivity contribution in [3.05, 3.63) is 41.0 Å². The highest BCUT2D eigenvalue weighted by molar-refractivity contribution is 7.89. The van der Waals surface area contributed by atoms with Gasteiger partial charge in [0.15, 0.2) is 0 Å². The zero-order valence-electron chi connectivity index (χ0n) is 11.3. The van der Waals surface area contributed by atoms with Crippen LogP contribution in [0, 0.1) is 13.8 Å². The van der Waals surface area contributed by atoms with Crippen LogP contribution in [0.25, 0.3) is 0 Å². The molecule has 2 aromatic rings. The van der Waals surface area contributed by atoms with E-state index in [2.05, 4.69) is 19.9 Å². The van der Waals surface area contributed by atoms with Crippen LogP contribution in [-0.4, -0.2) is 23.6 Å². The molecule has 1 heterocycles. The molecular formula is C12H17N5O2S. The van der Waals surface area contributed by atoms with Crippen LogP contribution in [0.5, 0.6) is 0 Å². The molecule has 0 spiro atoms. The standard InChI is InChI=1S/C12H17N5O2S/c1-8-3-9(2)11(4-10(8)5-13)20(18,19)16-6-12-14-7-15-17-12/h3-4,7,16H,5-6,13H2,1-2H3,(H,14,15,17). The van der Waals surface area contributed by atoms with Crippen molar-refractivity contribution in [1.82, 2.24) is 19.9 Å². The van der Waals surface area contributed by atoms with Crippen LogP contribution in [0.15, 0.2) is 23.4 Å². The summed E-state index contributed by atoms with van der Waals surface area (Å²) >= 11 is 0. The van der Waals surface area contributed by atoms with Gasteiger partial charge in [-0.05, 0) is 36.6 Å². The number of hydrogen-bond acceptors (Lipinski definition) is 5. The van der Waals surface area contributed by atoms with E-state index in [9.17, 15) is 8.42 Å². The molecule has 8 heteroatoms. The normalized spacial score (nSPS) is 11.8. The second kappa shape index (κ2) is 5.70. The van der Waals surface area contributed by atoms with Gasteiger partial charge < -0.3 is 5.73 Å². The number of aryl methyl sites for hydroxylation is 2. The molecule has 7 nitrogen and oxygen atoms in total. The summed E-state index contributed by atoms with van der Waals surface area (Å²) in [7, 11) is -3.61. The van der Waals surface area contributed by atoms with Crippen molar-refractivity contribution in [2.24, 2.45) is 5.73 Å². The fraction of sp³-hybridized carbons (Fsp3) is 0.333. The minimum atomic E-state index is -3.61. The molecule has 2 rings (SSSR count). The van der Waals surface area contributed by atoms with Crippen LogP contribution in [-0.2, 0) is 23.1 Å². The Morgan fingerprint density at radius 2 is 2.05 bits per heavy atom. The van der Waals surface area contributed by atoms with Crippen molar-refractivity contribution in [2.45, 2.75) is 31.8 Å². The van der Waals surface area contributed by atoms with E-state index in [1.54, 1.807) is 13.0 Å². The fourth-order valence-electron chi connectivity index (χ4n) is 1.94. The van der Waals surface area contributed by atoms with Gasteiger partial charge in [0.25, 0.3) is 0 Å². The predicted molar refractivity (Wildman–Crippen MR) is 74.2 cm³/mol. The van der Waals surface area contributed by atoms with Crippen LogP contribution in [0.4, 0.5) is 0 Å². The van der Waals surface area contributed by atoms with Gasteiger partial charge in [0.1, 0.15) is 12.2 Å². The molecule has 0 amide bonds. The lowest BCUT2D eigenvalue weighted by Gasteiger charge is -2.12. The van der Waals surface area contributed by atoms with Gasteiger partial charge in [0, 0.05) is 6.54 Å². The first-order valence-corrected chi connectivity index (χ1v) is 7.56. The Hall–Kier alpha value is -1.77. The first-order valence-electron chi connectivity index (χ1n) is 6.08. The maximum Gasteiger partial charge on any atom is 0.241 e. The van der Waals surface area contributed by atoms with Gasteiger partial charge in [-0.15, -0.1) is 0 Å². The summed E-state index contributed by atoms with van der Waals surface area (Å²) in [5.41, 5.74) is 8.11. The number of nitrogens with zero attached hydrogens (tertiary/aromatic N) is 2. The van der Waals surface area contributed by atoms with E-state index < -0.39 is 10.0 Å². The third kappa shape index (κ3) is 3.03. The molecule has 0 fully saturated rings. The number of aromatic amines is 1. The maximum absolute atomic E-state index is 12.3. The second-order valence-corrected chi connectivity index (χ2v) is 6.24. The van der Waals surface area contributed by atoms with Gasteiger partial charge in [-0.2, -0.15) is 5.10 Å². The summed E-state index contributed by atoms with van der Waals surface area (Å²) in [5, 5.41) is 6.26. The smallest absolute Gasteiger partial charge is 0.241 e. The summed E-state index contributed by atoms with van der Waals surface area (Å²) in [4.78, 5) is 4.11. The first-order chi connectivity index (χ1) is 9.44. The first kappa shape index (κ1) is 14.6. The summed E-state index contributed by atoms with van der Waals surface area (Å²) in [6, 6.07) is 3.44. The van der Waals surface area contributed by atoms with Gasteiger partial charge >= 0.3 is 0 Å². The fourth-order valence-corrected chi connectivity index (χ4v) is 3.20. The van der Waals surface area contributed by atoms with Crippen molar-refractivity contribution < 1.29 is 8.42 Å². The molecule has 0 aliphatic heterocycles. The van der Waals surface area contributed by atoms with Gasteiger partial charge in [-0.3, -0.25) is 5.10 Å². The molecule has 0 radical (unpaired) electrons. The third-order valence-electron chi connectivity index (χ3n) is 3.04. The topological polar surface area (TPSA) is 114 Å². The van der Waals surface area contributed by atoms with E-state index in [-0.39, 0.29) is 11.4 Å². The Labute approximate surface area is 117 Å². The molecular weight excluding hydrogens is 278 g/mol. The number of sulfonamides is 1. The maximum atomic E-state index is 12.3. The molecule has 0 bridgehead atoms. The zero-order valence-corrected chi connectivity index (χ0v) is 12.2. The van der Waals surface area contributed by atoms with Crippen LogP contribution in [0.3, 0.4) is 0 Å². The average molecular weight is 295 g/mol. The largest absolute Gasteiger partial charge is 0.326 e. The number of nitrogens with two attached hydrogens (primary N) is 1. The van der Waals surface area contributed by atoms with E-state index in [0.29, 0.717) is 17.9 Å². The average Bonchev–Trinajstić information content (AvgIpc) is 2.89. The predicted octanol–water partition coefficient (Wildman–Crippen LogP) is 0.359. The summed E-state index contributed by atoms with van der Waals surface area (Å²) < 4.78 is 27.1. The Kier molecular flexibility index (Phi) is 4.17. The van der Waals surface area contributed by atoms with Crippen LogP contribution in [0.1, 0.15) is 22.5 Å². The highest BCUT2D eigenvalue weighted by atomic mass is 32.2. The zero-order chi connectivity index (χ0) is 14.8. The van der Waals surface area contributed by atoms with Crippen molar-refractivity contribution >= 4 is 10.0 Å². The lowest BCUT2D eigenvalue weighted by Crippen LogP contribution is -2.25. The van der Waals surface area contributed by atoms with Crippen LogP contribution < -0.4 is 10.5 Å². The highest BCUT2D eigenvalue weighted by Crippen LogP contribution is 2.20. The lowest BCUT2D eigenvalue weighted by molar-refractivity contribution is 0.578. The van der Waals surface area contributed by atoms with Crippen molar-refractivity contribution in [3.63, 3.8) is 0 Å². The quantitative estimate of drug-likeness (QED) is 0.737. The van der Waals surface area contributed by atoms with Gasteiger partial charge in [-0.25, -0.2) is 18.1 Å². The number of H-pyrrole nitrogens is 1. The van der Waals surface area contributed by atoms with Crippen LogP contribution >= 0.6 is 0 Å². The molecule has 0 unspecified atom stereocenters. The Morgan fingerprint density at radius 3 is 2.65 bits per heavy atom.